The van der Waals surface area contributed by atoms with Crippen molar-refractivity contribution in [3.8, 4) is 0 Å². The number of para-hydroxylation sites is 1. The van der Waals surface area contributed by atoms with Gasteiger partial charge in [-0.2, -0.15) is 0 Å². The van der Waals surface area contributed by atoms with Gasteiger partial charge in [-0.15, -0.1) is 0 Å². The largest absolute Gasteiger partial charge is 0.481 e. The fraction of sp³-hybridized carbons (Fsp3) is 0.500. The predicted molar refractivity (Wildman–Crippen MR) is 66.4 cm³/mol. The second-order valence-electron chi connectivity index (χ2n) is 5.09. The third kappa shape index (κ3) is 1.79. The van der Waals surface area contributed by atoms with Crippen molar-refractivity contribution in [1.29, 1.82) is 0 Å². The van der Waals surface area contributed by atoms with Crippen LogP contribution in [0, 0.1) is 0 Å². The standard InChI is InChI=1S/C14H17NO2/c16-14(17)8-10-9-15(11-4-3-5-11)13-7-2-1-6-12(10)13/h1-2,6-7,10-11H,3-5,8-9H2,(H,16,17). The van der Waals surface area contributed by atoms with E-state index in [1.54, 1.807) is 0 Å². The van der Waals surface area contributed by atoms with Crippen molar-refractivity contribution in [1.82, 2.24) is 0 Å². The molecule has 1 aliphatic carbocycles. The highest BCUT2D eigenvalue weighted by atomic mass is 16.4. The van der Waals surface area contributed by atoms with Gasteiger partial charge >= 0.3 is 5.97 Å². The van der Waals surface area contributed by atoms with Gasteiger partial charge in [-0.3, -0.25) is 4.79 Å². The first-order valence-corrected chi connectivity index (χ1v) is 6.33. The lowest BCUT2D eigenvalue weighted by atomic mass is 9.91. The highest BCUT2D eigenvalue weighted by Crippen LogP contribution is 2.42. The summed E-state index contributed by atoms with van der Waals surface area (Å²) in [5, 5.41) is 8.98. The number of aliphatic carboxylic acids is 1. The molecule has 1 aromatic rings. The Morgan fingerprint density at radius 1 is 1.35 bits per heavy atom. The van der Waals surface area contributed by atoms with Gasteiger partial charge in [-0.25, -0.2) is 0 Å². The predicted octanol–water partition coefficient (Wildman–Crippen LogP) is 2.62. The summed E-state index contributed by atoms with van der Waals surface area (Å²) in [6.45, 7) is 0.885. The molecule has 90 valence electrons. The number of carbonyl (C=O) groups is 1. The molecular formula is C14H17NO2. The summed E-state index contributed by atoms with van der Waals surface area (Å²) in [4.78, 5) is 13.3. The quantitative estimate of drug-likeness (QED) is 0.869. The molecule has 3 nitrogen and oxygen atoms in total. The summed E-state index contributed by atoms with van der Waals surface area (Å²) in [5.41, 5.74) is 2.49. The molecule has 0 saturated heterocycles. The van der Waals surface area contributed by atoms with Crippen molar-refractivity contribution >= 4 is 11.7 Å². The summed E-state index contributed by atoms with van der Waals surface area (Å²) >= 11 is 0. The molecule has 1 aliphatic heterocycles. The van der Waals surface area contributed by atoms with Crippen LogP contribution in [0.3, 0.4) is 0 Å². The molecule has 1 saturated carbocycles. The van der Waals surface area contributed by atoms with Crippen molar-refractivity contribution in [2.75, 3.05) is 11.4 Å². The molecule has 0 aromatic heterocycles. The fourth-order valence-electron chi connectivity index (χ4n) is 2.96. The summed E-state index contributed by atoms with van der Waals surface area (Å²) in [5.74, 6) is -0.524. The van der Waals surface area contributed by atoms with E-state index in [0.29, 0.717) is 6.04 Å². The average Bonchev–Trinajstić information content (AvgIpc) is 2.55. The molecule has 1 aromatic carbocycles. The highest BCUT2D eigenvalue weighted by molar-refractivity contribution is 5.71. The first-order chi connectivity index (χ1) is 8.25. The molecule has 0 amide bonds. The van der Waals surface area contributed by atoms with Gasteiger partial charge in [0.2, 0.25) is 0 Å². The second-order valence-corrected chi connectivity index (χ2v) is 5.09. The van der Waals surface area contributed by atoms with Gasteiger partial charge in [0.15, 0.2) is 0 Å². The van der Waals surface area contributed by atoms with E-state index in [1.807, 2.05) is 12.1 Å². The lowest BCUT2D eigenvalue weighted by Crippen LogP contribution is -2.39. The maximum absolute atomic E-state index is 10.9. The molecule has 1 N–H and O–H groups in total. The number of anilines is 1. The zero-order chi connectivity index (χ0) is 11.8. The summed E-state index contributed by atoms with van der Waals surface area (Å²) in [6.07, 6.45) is 4.08. The number of hydrogen-bond donors (Lipinski definition) is 1. The molecule has 1 heterocycles. The Morgan fingerprint density at radius 2 is 2.12 bits per heavy atom. The van der Waals surface area contributed by atoms with Gasteiger partial charge < -0.3 is 10.0 Å². The minimum Gasteiger partial charge on any atom is -0.481 e. The SMILES string of the molecule is O=C(O)CC1CN(C2CCC2)c2ccccc21. The topological polar surface area (TPSA) is 40.5 Å². The molecule has 17 heavy (non-hydrogen) atoms. The van der Waals surface area contributed by atoms with E-state index in [0.717, 1.165) is 6.54 Å². The number of hydrogen-bond acceptors (Lipinski definition) is 2. The third-order valence-electron chi connectivity index (χ3n) is 4.04. The molecule has 2 aliphatic rings. The molecule has 0 radical (unpaired) electrons. The van der Waals surface area contributed by atoms with Gasteiger partial charge in [-0.1, -0.05) is 18.2 Å². The van der Waals surface area contributed by atoms with Crippen LogP contribution in [-0.4, -0.2) is 23.7 Å². The number of rotatable bonds is 3. The van der Waals surface area contributed by atoms with Crippen molar-refractivity contribution in [2.45, 2.75) is 37.6 Å². The molecule has 1 unspecified atom stereocenters. The van der Waals surface area contributed by atoms with Crippen LogP contribution in [-0.2, 0) is 4.79 Å². The number of carboxylic acids is 1. The molecule has 3 rings (SSSR count). The van der Waals surface area contributed by atoms with Crippen molar-refractivity contribution in [3.63, 3.8) is 0 Å². The van der Waals surface area contributed by atoms with E-state index in [-0.39, 0.29) is 12.3 Å². The smallest absolute Gasteiger partial charge is 0.304 e. The van der Waals surface area contributed by atoms with E-state index >= 15 is 0 Å². The highest BCUT2D eigenvalue weighted by Gasteiger charge is 2.35. The van der Waals surface area contributed by atoms with E-state index in [4.69, 9.17) is 5.11 Å². The third-order valence-corrected chi connectivity index (χ3v) is 4.04. The summed E-state index contributed by atoms with van der Waals surface area (Å²) in [7, 11) is 0. The second kappa shape index (κ2) is 4.06. The van der Waals surface area contributed by atoms with Crippen LogP contribution in [0.1, 0.15) is 37.2 Å². The van der Waals surface area contributed by atoms with Gasteiger partial charge in [0.05, 0.1) is 6.42 Å². The molecular weight excluding hydrogens is 214 g/mol. The first-order valence-electron chi connectivity index (χ1n) is 6.33. The van der Waals surface area contributed by atoms with Gasteiger partial charge in [0.25, 0.3) is 0 Å². The minimum atomic E-state index is -0.694. The van der Waals surface area contributed by atoms with Crippen LogP contribution >= 0.6 is 0 Å². The molecule has 1 fully saturated rings. The minimum absolute atomic E-state index is 0.171. The van der Waals surface area contributed by atoms with E-state index < -0.39 is 5.97 Å². The van der Waals surface area contributed by atoms with Crippen LogP contribution in [0.15, 0.2) is 24.3 Å². The fourth-order valence-corrected chi connectivity index (χ4v) is 2.96. The lowest BCUT2D eigenvalue weighted by molar-refractivity contribution is -0.137. The summed E-state index contributed by atoms with van der Waals surface area (Å²) < 4.78 is 0. The van der Waals surface area contributed by atoms with Crippen LogP contribution in [0.4, 0.5) is 5.69 Å². The monoisotopic (exact) mass is 231 g/mol. The number of carboxylic acid groups (broad SMARTS) is 1. The van der Waals surface area contributed by atoms with Crippen LogP contribution in [0.5, 0.6) is 0 Å². The maximum Gasteiger partial charge on any atom is 0.304 e. The maximum atomic E-state index is 10.9. The lowest BCUT2D eigenvalue weighted by Gasteiger charge is -2.37. The van der Waals surface area contributed by atoms with Gasteiger partial charge in [0, 0.05) is 24.2 Å². The molecule has 1 atom stereocenters. The van der Waals surface area contributed by atoms with E-state index in [9.17, 15) is 4.79 Å². The average molecular weight is 231 g/mol. The van der Waals surface area contributed by atoms with Gasteiger partial charge in [0.1, 0.15) is 0 Å². The zero-order valence-electron chi connectivity index (χ0n) is 9.80. The van der Waals surface area contributed by atoms with E-state index in [1.165, 1.54) is 30.5 Å². The van der Waals surface area contributed by atoms with Crippen LogP contribution < -0.4 is 4.90 Å². The number of nitrogens with zero attached hydrogens (tertiary/aromatic N) is 1. The summed E-state index contributed by atoms with van der Waals surface area (Å²) in [6, 6.07) is 8.93. The van der Waals surface area contributed by atoms with Crippen LogP contribution in [0.25, 0.3) is 0 Å². The van der Waals surface area contributed by atoms with Crippen molar-refractivity contribution in [3.05, 3.63) is 29.8 Å². The first kappa shape index (κ1) is 10.6. The Balaban J connectivity index is 1.88. The Kier molecular flexibility index (Phi) is 2.54. The normalized spacial score (nSPS) is 23.3. The van der Waals surface area contributed by atoms with Crippen molar-refractivity contribution < 1.29 is 9.90 Å². The van der Waals surface area contributed by atoms with Crippen molar-refractivity contribution in [2.24, 2.45) is 0 Å². The Bertz CT molecular complexity index is 440. The molecule has 0 bridgehead atoms. The molecule has 0 spiro atoms. The number of benzene rings is 1. The zero-order valence-corrected chi connectivity index (χ0v) is 9.80. The Morgan fingerprint density at radius 3 is 2.76 bits per heavy atom. The van der Waals surface area contributed by atoms with Gasteiger partial charge in [-0.05, 0) is 30.9 Å². The van der Waals surface area contributed by atoms with Crippen LogP contribution in [0.2, 0.25) is 0 Å². The Hall–Kier alpha value is -1.51. The number of fused-ring (bicyclic) bond motifs is 1. The van der Waals surface area contributed by atoms with E-state index in [2.05, 4.69) is 17.0 Å². The molecule has 3 heteroatoms. The Labute approximate surface area is 101 Å².